The normalized spacial score (nSPS) is 14.1. The van der Waals surface area contributed by atoms with Gasteiger partial charge in [-0.05, 0) is 51.4 Å². The predicted molar refractivity (Wildman–Crippen MR) is 206 cm³/mol. The van der Waals surface area contributed by atoms with Crippen molar-refractivity contribution in [2.24, 2.45) is 0 Å². The van der Waals surface area contributed by atoms with Gasteiger partial charge >= 0.3 is 19.8 Å². The molecule has 2 atom stereocenters. The van der Waals surface area contributed by atoms with Gasteiger partial charge in [0.1, 0.15) is 19.8 Å². The molecule has 0 bridgehead atoms. The fourth-order valence-electron chi connectivity index (χ4n) is 5.02. The number of carbonyl (C=O) groups is 2. The Kier molecular flexibility index (Phi) is 31.9. The van der Waals surface area contributed by atoms with Crippen LogP contribution in [0.3, 0.4) is 0 Å². The number of unbranched alkanes of at least 4 members (excludes halogenated alkanes) is 15. The van der Waals surface area contributed by atoms with Crippen molar-refractivity contribution in [3.05, 3.63) is 36.5 Å². The van der Waals surface area contributed by atoms with E-state index in [2.05, 4.69) is 50.3 Å². The van der Waals surface area contributed by atoms with Gasteiger partial charge < -0.3 is 18.9 Å². The molecule has 0 spiro atoms. The minimum absolute atomic E-state index is 0.0272. The average molecular weight is 729 g/mol. The first-order valence-corrected chi connectivity index (χ1v) is 21.2. The molecular formula is C40H75NO8P+. The molecule has 50 heavy (non-hydrogen) atoms. The van der Waals surface area contributed by atoms with Crippen molar-refractivity contribution >= 4 is 19.8 Å². The van der Waals surface area contributed by atoms with E-state index >= 15 is 0 Å². The van der Waals surface area contributed by atoms with Crippen molar-refractivity contribution < 1.29 is 42.1 Å². The Morgan fingerprint density at radius 1 is 0.620 bits per heavy atom. The lowest BCUT2D eigenvalue weighted by molar-refractivity contribution is -0.870. The number of ether oxygens (including phenoxy) is 2. The first kappa shape index (κ1) is 48.2. The van der Waals surface area contributed by atoms with Crippen LogP contribution in [0.4, 0.5) is 0 Å². The highest BCUT2D eigenvalue weighted by molar-refractivity contribution is 7.47. The lowest BCUT2D eigenvalue weighted by Gasteiger charge is -2.24. The van der Waals surface area contributed by atoms with E-state index < -0.39 is 26.5 Å². The number of hydrogen-bond donors (Lipinski definition) is 1. The molecule has 0 amide bonds. The van der Waals surface area contributed by atoms with E-state index in [9.17, 15) is 19.0 Å². The Morgan fingerprint density at radius 2 is 1.08 bits per heavy atom. The number of rotatable bonds is 35. The van der Waals surface area contributed by atoms with Crippen LogP contribution in [0, 0.1) is 0 Å². The zero-order valence-electron chi connectivity index (χ0n) is 32.6. The topological polar surface area (TPSA) is 108 Å². The molecule has 0 heterocycles. The van der Waals surface area contributed by atoms with Gasteiger partial charge in [0.05, 0.1) is 27.7 Å². The van der Waals surface area contributed by atoms with Gasteiger partial charge in [-0.3, -0.25) is 18.6 Å². The van der Waals surface area contributed by atoms with Gasteiger partial charge in [-0.1, -0.05) is 127 Å². The average Bonchev–Trinajstić information content (AvgIpc) is 3.06. The molecule has 9 nitrogen and oxygen atoms in total. The summed E-state index contributed by atoms with van der Waals surface area (Å²) in [4.78, 5) is 35.1. The van der Waals surface area contributed by atoms with Crippen LogP contribution in [0.5, 0.6) is 0 Å². The third kappa shape index (κ3) is 36.0. The number of allylic oxidation sites excluding steroid dienone is 6. The molecule has 0 radical (unpaired) electrons. The summed E-state index contributed by atoms with van der Waals surface area (Å²) >= 11 is 0. The van der Waals surface area contributed by atoms with Gasteiger partial charge in [0.2, 0.25) is 0 Å². The van der Waals surface area contributed by atoms with E-state index in [4.69, 9.17) is 18.5 Å². The van der Waals surface area contributed by atoms with E-state index in [-0.39, 0.29) is 32.0 Å². The fraction of sp³-hybridized carbons (Fsp3) is 0.800. The SMILES string of the molecule is CCCCC/C=C/C/C=C/C/C=C/CCCCCCC(=O)O[C@H](COC(=O)CCCCCCCCCCC)COP(=O)(O)OCC[N+](C)(C)C. The van der Waals surface area contributed by atoms with Crippen LogP contribution >= 0.6 is 7.82 Å². The molecule has 0 aliphatic carbocycles. The molecule has 0 aliphatic rings. The summed E-state index contributed by atoms with van der Waals surface area (Å²) in [5.74, 6) is -0.828. The Bertz CT molecular complexity index is 959. The van der Waals surface area contributed by atoms with Crippen LogP contribution in [-0.4, -0.2) is 74.9 Å². The van der Waals surface area contributed by atoms with Crippen LogP contribution in [0.15, 0.2) is 36.5 Å². The fourth-order valence-corrected chi connectivity index (χ4v) is 5.76. The lowest BCUT2D eigenvalue weighted by atomic mass is 10.1. The van der Waals surface area contributed by atoms with E-state index in [1.807, 2.05) is 21.1 Å². The summed E-state index contributed by atoms with van der Waals surface area (Å²) in [5.41, 5.74) is 0. The van der Waals surface area contributed by atoms with Crippen LogP contribution < -0.4 is 0 Å². The maximum absolute atomic E-state index is 12.6. The third-order valence-electron chi connectivity index (χ3n) is 8.17. The molecule has 0 aliphatic heterocycles. The third-order valence-corrected chi connectivity index (χ3v) is 9.16. The second-order valence-electron chi connectivity index (χ2n) is 14.3. The maximum Gasteiger partial charge on any atom is 0.472 e. The predicted octanol–water partition coefficient (Wildman–Crippen LogP) is 10.6. The van der Waals surface area contributed by atoms with Gasteiger partial charge in [-0.15, -0.1) is 0 Å². The van der Waals surface area contributed by atoms with Crippen LogP contribution in [0.2, 0.25) is 0 Å². The Balaban J connectivity index is 4.45. The molecule has 10 heteroatoms. The molecule has 0 fully saturated rings. The highest BCUT2D eigenvalue weighted by Gasteiger charge is 2.27. The number of phosphoric ester groups is 1. The molecule has 292 valence electrons. The molecule has 0 aromatic rings. The monoisotopic (exact) mass is 729 g/mol. The van der Waals surface area contributed by atoms with E-state index in [0.717, 1.165) is 57.8 Å². The number of phosphoric acid groups is 1. The quantitative estimate of drug-likeness (QED) is 0.0226. The summed E-state index contributed by atoms with van der Waals surface area (Å²) < 4.78 is 34.1. The summed E-state index contributed by atoms with van der Waals surface area (Å²) in [7, 11) is 1.46. The van der Waals surface area contributed by atoms with Crippen molar-refractivity contribution in [1.29, 1.82) is 0 Å². The van der Waals surface area contributed by atoms with E-state index in [0.29, 0.717) is 17.4 Å². The van der Waals surface area contributed by atoms with Crippen LogP contribution in [0.25, 0.3) is 0 Å². The van der Waals surface area contributed by atoms with Gasteiger partial charge in [-0.2, -0.15) is 0 Å². The number of carbonyl (C=O) groups excluding carboxylic acids is 2. The minimum atomic E-state index is -4.37. The first-order chi connectivity index (χ1) is 24.0. The van der Waals surface area contributed by atoms with Crippen LogP contribution in [0.1, 0.15) is 155 Å². The number of hydrogen-bond acceptors (Lipinski definition) is 7. The molecule has 1 N–H and O–H groups in total. The highest BCUT2D eigenvalue weighted by Crippen LogP contribution is 2.43. The van der Waals surface area contributed by atoms with E-state index in [1.54, 1.807) is 0 Å². The van der Waals surface area contributed by atoms with Crippen molar-refractivity contribution in [3.63, 3.8) is 0 Å². The second kappa shape index (κ2) is 33.1. The number of quaternary nitrogens is 1. The summed E-state index contributed by atoms with van der Waals surface area (Å²) in [5, 5.41) is 0. The maximum atomic E-state index is 12.6. The molecule has 0 rings (SSSR count). The molecular weight excluding hydrogens is 653 g/mol. The molecule has 0 saturated heterocycles. The number of likely N-dealkylation sites (N-methyl/N-ethyl adjacent to an activating group) is 1. The van der Waals surface area contributed by atoms with Crippen molar-refractivity contribution in [2.75, 3.05) is 47.5 Å². The van der Waals surface area contributed by atoms with E-state index in [1.165, 1.54) is 64.2 Å². The number of nitrogens with zero attached hydrogens (tertiary/aromatic N) is 1. The molecule has 1 unspecified atom stereocenters. The molecule has 0 aromatic heterocycles. The zero-order valence-corrected chi connectivity index (χ0v) is 33.5. The lowest BCUT2D eigenvalue weighted by Crippen LogP contribution is -2.37. The summed E-state index contributed by atoms with van der Waals surface area (Å²) in [6, 6.07) is 0. The van der Waals surface area contributed by atoms with Crippen molar-refractivity contribution in [3.8, 4) is 0 Å². The summed E-state index contributed by atoms with van der Waals surface area (Å²) in [6.45, 7) is 4.33. The van der Waals surface area contributed by atoms with Gasteiger partial charge in [0.25, 0.3) is 0 Å². The highest BCUT2D eigenvalue weighted by atomic mass is 31.2. The molecule has 0 aromatic carbocycles. The van der Waals surface area contributed by atoms with Gasteiger partial charge in [0.15, 0.2) is 6.10 Å². The van der Waals surface area contributed by atoms with Crippen molar-refractivity contribution in [2.45, 2.75) is 161 Å². The largest absolute Gasteiger partial charge is 0.472 e. The first-order valence-electron chi connectivity index (χ1n) is 19.7. The number of esters is 2. The molecule has 0 saturated carbocycles. The second-order valence-corrected chi connectivity index (χ2v) is 15.8. The standard InChI is InChI=1S/C40H74NO8P/c1-6-8-10-12-14-16-17-18-19-20-21-22-23-25-27-29-31-33-40(43)49-38(37-48-50(44,45)47-35-34-41(3,4)5)36-46-39(42)32-30-28-26-24-15-13-11-9-7-2/h14,16,18-19,21-22,38H,6-13,15,17,20,23-37H2,1-5H3/p+1/b16-14+,19-18+,22-21+/t38-/m1/s1. The summed E-state index contributed by atoms with van der Waals surface area (Å²) in [6.07, 6.45) is 34.8. The van der Waals surface area contributed by atoms with Crippen LogP contribution in [-0.2, 0) is 32.7 Å². The van der Waals surface area contributed by atoms with Crippen molar-refractivity contribution in [1.82, 2.24) is 0 Å². The zero-order chi connectivity index (χ0) is 37.2. The Morgan fingerprint density at radius 3 is 1.64 bits per heavy atom. The Hall–Kier alpha value is -1.77. The smallest absolute Gasteiger partial charge is 0.462 e. The van der Waals surface area contributed by atoms with Gasteiger partial charge in [0, 0.05) is 12.8 Å². The minimum Gasteiger partial charge on any atom is -0.462 e. The Labute approximate surface area is 306 Å². The van der Waals surface area contributed by atoms with Gasteiger partial charge in [-0.25, -0.2) is 4.57 Å².